The second-order valence-corrected chi connectivity index (χ2v) is 5.63. The number of likely N-dealkylation sites (N-methyl/N-ethyl adjacent to an activating group) is 1. The molecule has 1 saturated heterocycles. The number of hydrogen-bond donors (Lipinski definition) is 1. The zero-order valence-electron chi connectivity index (χ0n) is 10.7. The molecule has 2 rings (SSSR count). The summed E-state index contributed by atoms with van der Waals surface area (Å²) in [5.74, 6) is 1.93. The number of ether oxygens (including phenoxy) is 1. The molecule has 18 heavy (non-hydrogen) atoms. The van der Waals surface area contributed by atoms with Crippen molar-refractivity contribution < 1.29 is 9.13 Å². The third-order valence-corrected chi connectivity index (χ3v) is 4.12. The van der Waals surface area contributed by atoms with E-state index in [2.05, 4.69) is 12.2 Å². The van der Waals surface area contributed by atoms with Gasteiger partial charge < -0.3 is 10.1 Å². The number of rotatable bonds is 5. The minimum Gasteiger partial charge on any atom is -0.375 e. The van der Waals surface area contributed by atoms with Crippen molar-refractivity contribution in [1.82, 2.24) is 5.32 Å². The van der Waals surface area contributed by atoms with Crippen molar-refractivity contribution >= 4 is 11.8 Å². The van der Waals surface area contributed by atoms with Crippen LogP contribution in [0.1, 0.15) is 12.5 Å². The number of benzene rings is 1. The minimum atomic E-state index is -0.165. The molecule has 1 aromatic carbocycles. The van der Waals surface area contributed by atoms with Crippen LogP contribution in [0.2, 0.25) is 0 Å². The lowest BCUT2D eigenvalue weighted by Crippen LogP contribution is -2.46. The average Bonchev–Trinajstić information content (AvgIpc) is 2.39. The van der Waals surface area contributed by atoms with E-state index >= 15 is 0 Å². The molecule has 2 atom stereocenters. The lowest BCUT2D eigenvalue weighted by Gasteiger charge is -2.30. The molecule has 1 fully saturated rings. The second kappa shape index (κ2) is 7.12. The van der Waals surface area contributed by atoms with Crippen molar-refractivity contribution in [1.29, 1.82) is 0 Å². The molecule has 1 aromatic rings. The van der Waals surface area contributed by atoms with Crippen LogP contribution in [0.25, 0.3) is 0 Å². The van der Waals surface area contributed by atoms with Gasteiger partial charge in [0.15, 0.2) is 0 Å². The van der Waals surface area contributed by atoms with Crippen molar-refractivity contribution in [2.24, 2.45) is 0 Å². The molecule has 1 heterocycles. The first-order chi connectivity index (χ1) is 8.79. The van der Waals surface area contributed by atoms with Gasteiger partial charge >= 0.3 is 0 Å². The van der Waals surface area contributed by atoms with Gasteiger partial charge in [0.05, 0.1) is 12.7 Å². The topological polar surface area (TPSA) is 21.3 Å². The fraction of sp³-hybridized carbons (Fsp3) is 0.571. The van der Waals surface area contributed by atoms with Crippen LogP contribution in [0.4, 0.5) is 4.39 Å². The highest BCUT2D eigenvalue weighted by Gasteiger charge is 2.24. The summed E-state index contributed by atoms with van der Waals surface area (Å²) < 4.78 is 19.0. The molecule has 1 N–H and O–H groups in total. The van der Waals surface area contributed by atoms with Crippen LogP contribution in [0.3, 0.4) is 0 Å². The quantitative estimate of drug-likeness (QED) is 0.887. The smallest absolute Gasteiger partial charge is 0.123 e. The molecule has 1 aliphatic heterocycles. The van der Waals surface area contributed by atoms with Gasteiger partial charge in [-0.3, -0.25) is 0 Å². The van der Waals surface area contributed by atoms with Crippen molar-refractivity contribution in [3.63, 3.8) is 0 Å². The Hall–Kier alpha value is -0.580. The Morgan fingerprint density at radius 3 is 3.11 bits per heavy atom. The zero-order valence-corrected chi connectivity index (χ0v) is 11.5. The van der Waals surface area contributed by atoms with Crippen molar-refractivity contribution in [2.45, 2.75) is 25.5 Å². The summed E-state index contributed by atoms with van der Waals surface area (Å²) in [7, 11) is 0. The number of thioether (sulfide) groups is 1. The highest BCUT2D eigenvalue weighted by molar-refractivity contribution is 7.99. The molecule has 0 amide bonds. The van der Waals surface area contributed by atoms with E-state index < -0.39 is 0 Å². The maximum atomic E-state index is 13.2. The van der Waals surface area contributed by atoms with Crippen LogP contribution >= 0.6 is 11.8 Å². The molecule has 0 bridgehead atoms. The van der Waals surface area contributed by atoms with E-state index in [1.165, 1.54) is 6.07 Å². The van der Waals surface area contributed by atoms with Crippen molar-refractivity contribution in [3.05, 3.63) is 35.6 Å². The van der Waals surface area contributed by atoms with Gasteiger partial charge in [-0.25, -0.2) is 4.39 Å². The van der Waals surface area contributed by atoms with Crippen molar-refractivity contribution in [3.8, 4) is 0 Å². The maximum Gasteiger partial charge on any atom is 0.123 e. The summed E-state index contributed by atoms with van der Waals surface area (Å²) >= 11 is 1.93. The Labute approximate surface area is 112 Å². The number of nitrogens with one attached hydrogen (secondary N) is 1. The van der Waals surface area contributed by atoms with Gasteiger partial charge in [-0.2, -0.15) is 11.8 Å². The first-order valence-electron chi connectivity index (χ1n) is 6.46. The second-order valence-electron chi connectivity index (χ2n) is 4.48. The summed E-state index contributed by atoms with van der Waals surface area (Å²) in [6.07, 6.45) is 1.04. The molecular formula is C14H20FNOS. The predicted molar refractivity (Wildman–Crippen MR) is 74.6 cm³/mol. The third-order valence-electron chi connectivity index (χ3n) is 3.10. The van der Waals surface area contributed by atoms with Gasteiger partial charge in [-0.05, 0) is 30.7 Å². The Bertz CT molecular complexity index is 369. The number of halogens is 1. The number of hydrogen-bond acceptors (Lipinski definition) is 3. The Morgan fingerprint density at radius 2 is 2.44 bits per heavy atom. The van der Waals surface area contributed by atoms with Crippen LogP contribution in [-0.2, 0) is 11.2 Å². The molecule has 0 spiro atoms. The molecular weight excluding hydrogens is 249 g/mol. The maximum absolute atomic E-state index is 13.2. The van der Waals surface area contributed by atoms with Crippen LogP contribution < -0.4 is 5.32 Å². The molecule has 0 radical (unpaired) electrons. The third kappa shape index (κ3) is 3.97. The molecule has 2 nitrogen and oxygen atoms in total. The predicted octanol–water partition coefficient (Wildman–Crippen LogP) is 2.48. The molecule has 100 valence electrons. The largest absolute Gasteiger partial charge is 0.375 e. The summed E-state index contributed by atoms with van der Waals surface area (Å²) in [6, 6.07) is 7.11. The summed E-state index contributed by atoms with van der Waals surface area (Å²) in [5, 5.41) is 3.46. The van der Waals surface area contributed by atoms with Gasteiger partial charge in [0.1, 0.15) is 5.82 Å². The fourth-order valence-corrected chi connectivity index (χ4v) is 3.20. The highest BCUT2D eigenvalue weighted by atomic mass is 32.2. The molecule has 0 aliphatic carbocycles. The zero-order chi connectivity index (χ0) is 12.8. The van der Waals surface area contributed by atoms with Gasteiger partial charge in [0.25, 0.3) is 0 Å². The lowest BCUT2D eigenvalue weighted by molar-refractivity contribution is 0.0476. The monoisotopic (exact) mass is 269 g/mol. The Balaban J connectivity index is 2.00. The Kier molecular flexibility index (Phi) is 5.47. The van der Waals surface area contributed by atoms with E-state index in [1.54, 1.807) is 12.1 Å². The van der Waals surface area contributed by atoms with E-state index in [0.29, 0.717) is 0 Å². The van der Waals surface area contributed by atoms with E-state index in [4.69, 9.17) is 4.74 Å². The molecule has 0 saturated carbocycles. The van der Waals surface area contributed by atoms with Gasteiger partial charge in [0, 0.05) is 17.5 Å². The van der Waals surface area contributed by atoms with Crippen LogP contribution in [0.15, 0.2) is 24.3 Å². The van der Waals surface area contributed by atoms with E-state index in [1.807, 2.05) is 17.8 Å². The minimum absolute atomic E-state index is 0.165. The highest BCUT2D eigenvalue weighted by Crippen LogP contribution is 2.18. The van der Waals surface area contributed by atoms with Crippen LogP contribution in [-0.4, -0.2) is 36.8 Å². The summed E-state index contributed by atoms with van der Waals surface area (Å²) in [4.78, 5) is 0. The van der Waals surface area contributed by atoms with Crippen LogP contribution in [0, 0.1) is 5.82 Å². The first kappa shape index (κ1) is 13.8. The molecule has 4 heteroatoms. The average molecular weight is 269 g/mol. The van der Waals surface area contributed by atoms with Crippen LogP contribution in [0.5, 0.6) is 0 Å². The summed E-state index contributed by atoms with van der Waals surface area (Å²) in [5.41, 5.74) is 1.03. The van der Waals surface area contributed by atoms with Gasteiger partial charge in [0.2, 0.25) is 0 Å². The van der Waals surface area contributed by atoms with E-state index in [9.17, 15) is 4.39 Å². The van der Waals surface area contributed by atoms with Crippen molar-refractivity contribution in [2.75, 3.05) is 24.7 Å². The fourth-order valence-electron chi connectivity index (χ4n) is 2.25. The standard InChI is InChI=1S/C14H20FNOS/c1-2-16-13(14-10-18-7-6-17-14)9-11-4-3-5-12(15)8-11/h3-5,8,13-14,16H,2,6-7,9-10H2,1H3. The van der Waals surface area contributed by atoms with Gasteiger partial charge in [-0.15, -0.1) is 0 Å². The molecule has 1 aliphatic rings. The molecule has 2 unspecified atom stereocenters. The summed E-state index contributed by atoms with van der Waals surface area (Å²) in [6.45, 7) is 3.82. The lowest BCUT2D eigenvalue weighted by atomic mass is 10.0. The normalized spacial score (nSPS) is 21.8. The van der Waals surface area contributed by atoms with Gasteiger partial charge in [-0.1, -0.05) is 19.1 Å². The Morgan fingerprint density at radius 1 is 1.56 bits per heavy atom. The van der Waals surface area contributed by atoms with E-state index in [0.717, 1.165) is 36.6 Å². The van der Waals surface area contributed by atoms with E-state index in [-0.39, 0.29) is 18.0 Å². The molecule has 0 aromatic heterocycles. The first-order valence-corrected chi connectivity index (χ1v) is 7.62. The SMILES string of the molecule is CCNC(Cc1cccc(F)c1)C1CSCCO1.